The van der Waals surface area contributed by atoms with Crippen molar-refractivity contribution in [1.82, 2.24) is 0 Å². The first-order valence-electron chi connectivity index (χ1n) is 1.49. The molecule has 2 nitrogen and oxygen atoms in total. The second-order valence-corrected chi connectivity index (χ2v) is 0.993. The van der Waals surface area contributed by atoms with E-state index in [1.165, 1.54) is 0 Å². The zero-order valence-electron chi connectivity index (χ0n) is 3.57. The van der Waals surface area contributed by atoms with Crippen LogP contribution in [0.5, 0.6) is 0 Å². The Hall–Kier alpha value is -0.670. The van der Waals surface area contributed by atoms with Crippen molar-refractivity contribution in [2.45, 2.75) is 13.0 Å². The molecule has 0 aliphatic carbocycles. The van der Waals surface area contributed by atoms with Gasteiger partial charge in [0.05, 0.1) is 0 Å². The lowest BCUT2D eigenvalue weighted by atomic mass is 10.7. The van der Waals surface area contributed by atoms with Crippen LogP contribution in [0.3, 0.4) is 0 Å². The van der Waals surface area contributed by atoms with E-state index in [9.17, 15) is 8.78 Å². The van der Waals surface area contributed by atoms with Crippen LogP contribution in [0.1, 0.15) is 6.92 Å². The normalized spacial score (nSPS) is 10.7. The van der Waals surface area contributed by atoms with Gasteiger partial charge in [-0.2, -0.15) is 8.78 Å². The second-order valence-electron chi connectivity index (χ2n) is 0.993. The Balaban J connectivity index is 3.34. The Morgan fingerprint density at radius 2 is 2.14 bits per heavy atom. The van der Waals surface area contributed by atoms with Crippen LogP contribution in [-0.4, -0.2) is 12.6 Å². The van der Waals surface area contributed by atoms with Crippen LogP contribution in [0.4, 0.5) is 8.78 Å². The van der Waals surface area contributed by atoms with E-state index in [0.29, 0.717) is 13.4 Å². The Morgan fingerprint density at radius 1 is 1.71 bits per heavy atom. The van der Waals surface area contributed by atoms with Crippen molar-refractivity contribution in [1.29, 1.82) is 0 Å². The molecule has 0 spiro atoms. The molecule has 7 heavy (non-hydrogen) atoms. The molecule has 0 aliphatic heterocycles. The number of hydrogen-bond acceptors (Lipinski definition) is 2. The van der Waals surface area contributed by atoms with E-state index in [-0.39, 0.29) is 0 Å². The number of carbonyl (C=O) groups excluding carboxylic acids is 1. The highest BCUT2D eigenvalue weighted by Gasteiger charge is 2.21. The van der Waals surface area contributed by atoms with Gasteiger partial charge in [0, 0.05) is 6.92 Å². The third kappa shape index (κ3) is 5.33. The summed E-state index contributed by atoms with van der Waals surface area (Å²) in [5.41, 5.74) is 0. The Bertz CT molecular complexity index is 65.8. The fraction of sp³-hybridized carbons (Fsp3) is 0.667. The number of hydrogen-bond donors (Lipinski definition) is 0. The summed E-state index contributed by atoms with van der Waals surface area (Å²) in [5, 5.41) is 0. The first kappa shape index (κ1) is 6.33. The van der Waals surface area contributed by atoms with Gasteiger partial charge in [-0.05, 0) is 0 Å². The zero-order chi connectivity index (χ0) is 5.91. The lowest BCUT2D eigenvalue weighted by Crippen LogP contribution is -2.13. The maximum absolute atomic E-state index is 11.2. The van der Waals surface area contributed by atoms with Crippen LogP contribution in [0.15, 0.2) is 0 Å². The molecule has 0 fully saturated rings. The van der Waals surface area contributed by atoms with Gasteiger partial charge in [0.1, 0.15) is 0 Å². The lowest BCUT2D eigenvalue weighted by molar-refractivity contribution is -0.169. The minimum absolute atomic E-state index is 0.456. The summed E-state index contributed by atoms with van der Waals surface area (Å²) in [6.45, 7) is 1.06. The van der Waals surface area contributed by atoms with E-state index >= 15 is 0 Å². The fourth-order valence-corrected chi connectivity index (χ4v) is 0.0732. The molecule has 4 heteroatoms. The molecule has 0 aromatic rings. The predicted octanol–water partition coefficient (Wildman–Crippen LogP) is 0.683. The first-order valence-corrected chi connectivity index (χ1v) is 1.49. The number of rotatable bonds is 2. The van der Waals surface area contributed by atoms with Gasteiger partial charge in [0.2, 0.25) is 0 Å². The monoisotopic (exact) mass is 109 g/mol. The second kappa shape index (κ2) is 1.86. The average Bonchev–Trinajstić information content (AvgIpc) is 1.30. The van der Waals surface area contributed by atoms with Gasteiger partial charge in [-0.15, -0.1) is 0 Å². The summed E-state index contributed by atoms with van der Waals surface area (Å²) in [7, 11) is 0. The van der Waals surface area contributed by atoms with Crippen molar-refractivity contribution >= 4 is 6.47 Å². The molecule has 1 radical (unpaired) electrons. The van der Waals surface area contributed by atoms with Crippen LogP contribution in [0.25, 0.3) is 0 Å². The molecule has 0 aromatic heterocycles. The van der Waals surface area contributed by atoms with Crippen molar-refractivity contribution in [3.8, 4) is 0 Å². The molecule has 0 saturated carbocycles. The highest BCUT2D eigenvalue weighted by atomic mass is 19.3. The first-order chi connectivity index (χ1) is 3.06. The van der Waals surface area contributed by atoms with Gasteiger partial charge in [-0.25, -0.2) is 4.79 Å². The van der Waals surface area contributed by atoms with E-state index in [4.69, 9.17) is 4.79 Å². The Morgan fingerprint density at radius 3 is 2.14 bits per heavy atom. The molecule has 0 aromatic carbocycles. The summed E-state index contributed by atoms with van der Waals surface area (Å²) < 4.78 is 25.6. The third-order valence-electron chi connectivity index (χ3n) is 0.221. The molecular weight excluding hydrogens is 106 g/mol. The summed E-state index contributed by atoms with van der Waals surface area (Å²) >= 11 is 0. The van der Waals surface area contributed by atoms with Crippen LogP contribution in [-0.2, 0) is 9.53 Å². The van der Waals surface area contributed by atoms with E-state index in [1.54, 1.807) is 0 Å². The zero-order valence-corrected chi connectivity index (χ0v) is 3.57. The Kier molecular flexibility index (Phi) is 1.68. The van der Waals surface area contributed by atoms with Gasteiger partial charge < -0.3 is 4.74 Å². The molecule has 0 saturated heterocycles. The van der Waals surface area contributed by atoms with Gasteiger partial charge >= 0.3 is 12.6 Å². The Labute approximate surface area is 39.1 Å². The summed E-state index contributed by atoms with van der Waals surface area (Å²) in [6.07, 6.45) is -3.37. The molecule has 0 amide bonds. The molecule has 0 heterocycles. The van der Waals surface area contributed by atoms with Crippen LogP contribution < -0.4 is 0 Å². The van der Waals surface area contributed by atoms with Crippen LogP contribution >= 0.6 is 0 Å². The van der Waals surface area contributed by atoms with Crippen molar-refractivity contribution in [2.24, 2.45) is 0 Å². The van der Waals surface area contributed by atoms with Crippen LogP contribution in [0.2, 0.25) is 0 Å². The largest absolute Gasteiger partial charge is 0.422 e. The smallest absolute Gasteiger partial charge is 0.392 e. The van der Waals surface area contributed by atoms with Crippen LogP contribution in [0, 0.1) is 0 Å². The quantitative estimate of drug-likeness (QED) is 0.521. The number of halogens is 2. The van der Waals surface area contributed by atoms with E-state index in [0.717, 1.165) is 0 Å². The molecule has 41 valence electrons. The van der Waals surface area contributed by atoms with Crippen molar-refractivity contribution in [3.05, 3.63) is 0 Å². The maximum Gasteiger partial charge on any atom is 0.422 e. The van der Waals surface area contributed by atoms with Gasteiger partial charge in [0.15, 0.2) is 0 Å². The molecular formula is C3H3F2O2. The minimum Gasteiger partial charge on any atom is -0.392 e. The standard InChI is InChI=1S/C3H3F2O2/c1-3(4,5)7-2-6/h1H3. The maximum atomic E-state index is 11.2. The SMILES string of the molecule is CC(F)(F)O[C]=O. The lowest BCUT2D eigenvalue weighted by Gasteiger charge is -2.02. The number of ether oxygens (including phenoxy) is 1. The van der Waals surface area contributed by atoms with Crippen molar-refractivity contribution in [2.75, 3.05) is 0 Å². The average molecular weight is 109 g/mol. The van der Waals surface area contributed by atoms with Gasteiger partial charge in [0.25, 0.3) is 0 Å². The number of alkyl halides is 2. The fourth-order valence-electron chi connectivity index (χ4n) is 0.0732. The molecule has 0 unspecified atom stereocenters. The molecule has 0 bridgehead atoms. The van der Waals surface area contributed by atoms with Gasteiger partial charge in [-0.1, -0.05) is 0 Å². The minimum atomic E-state index is -3.37. The molecule has 0 N–H and O–H groups in total. The van der Waals surface area contributed by atoms with Gasteiger partial charge in [-0.3, -0.25) is 0 Å². The summed E-state index contributed by atoms with van der Waals surface area (Å²) in [4.78, 5) is 8.99. The molecule has 0 rings (SSSR count). The summed E-state index contributed by atoms with van der Waals surface area (Å²) in [6, 6.07) is 0. The van der Waals surface area contributed by atoms with E-state index in [2.05, 4.69) is 4.74 Å². The topological polar surface area (TPSA) is 26.3 Å². The summed E-state index contributed by atoms with van der Waals surface area (Å²) in [5.74, 6) is 0. The highest BCUT2D eigenvalue weighted by molar-refractivity contribution is 5.38. The van der Waals surface area contributed by atoms with Crippen molar-refractivity contribution < 1.29 is 18.3 Å². The highest BCUT2D eigenvalue weighted by Crippen LogP contribution is 2.10. The molecule has 0 atom stereocenters. The van der Waals surface area contributed by atoms with E-state index in [1.807, 2.05) is 0 Å². The molecule has 0 aliphatic rings. The van der Waals surface area contributed by atoms with Crippen molar-refractivity contribution in [3.63, 3.8) is 0 Å². The van der Waals surface area contributed by atoms with E-state index < -0.39 is 6.11 Å². The third-order valence-corrected chi connectivity index (χ3v) is 0.221. The predicted molar refractivity (Wildman–Crippen MR) is 17.4 cm³/mol.